The number of hydrogen-bond donors (Lipinski definition) is 0. The van der Waals surface area contributed by atoms with Gasteiger partial charge in [-0.05, 0) is 34.2 Å². The zero-order chi connectivity index (χ0) is 11.9. The summed E-state index contributed by atoms with van der Waals surface area (Å²) in [6, 6.07) is 0. The van der Waals surface area contributed by atoms with E-state index < -0.39 is 0 Å². The summed E-state index contributed by atoms with van der Waals surface area (Å²) in [5.41, 5.74) is 2.46. The fourth-order valence-corrected chi connectivity index (χ4v) is 3.14. The zero-order valence-corrected chi connectivity index (χ0v) is 12.4. The number of rotatable bonds is 3. The second-order valence-electron chi connectivity index (χ2n) is 4.75. The van der Waals surface area contributed by atoms with Gasteiger partial charge >= 0.3 is 0 Å². The van der Waals surface area contributed by atoms with Crippen molar-refractivity contribution >= 4 is 32.2 Å². The highest BCUT2D eigenvalue weighted by atomic mass is 79.9. The number of fused-ring (bicyclic) bond motifs is 1. The monoisotopic (exact) mass is 301 g/mol. The van der Waals surface area contributed by atoms with Crippen molar-refractivity contribution < 1.29 is 0 Å². The largest absolute Gasteiger partial charge is 0.222 e. The Labute approximate surface area is 108 Å². The van der Waals surface area contributed by atoms with Crippen LogP contribution in [-0.4, -0.2) is 14.6 Å². The third-order valence-corrected chi connectivity index (χ3v) is 3.78. The van der Waals surface area contributed by atoms with Crippen LogP contribution in [0.15, 0.2) is 3.92 Å². The first-order valence-electron chi connectivity index (χ1n) is 5.53. The molecule has 2 heterocycles. The SMILES string of the molecule is CC(C)Cc1nc2sc(Br)nn2c1C(C)C. The van der Waals surface area contributed by atoms with Crippen LogP contribution in [0.25, 0.3) is 4.96 Å². The Balaban J connectivity index is 2.55. The third-order valence-electron chi connectivity index (χ3n) is 2.44. The Morgan fingerprint density at radius 1 is 1.31 bits per heavy atom. The molecule has 0 unspecified atom stereocenters. The Hall–Kier alpha value is -0.420. The van der Waals surface area contributed by atoms with E-state index in [0.717, 1.165) is 15.3 Å². The molecule has 0 aliphatic heterocycles. The van der Waals surface area contributed by atoms with Gasteiger partial charge in [0.2, 0.25) is 4.96 Å². The molecule has 0 saturated carbocycles. The van der Waals surface area contributed by atoms with Crippen molar-refractivity contribution in [1.82, 2.24) is 14.6 Å². The number of aromatic nitrogens is 3. The summed E-state index contributed by atoms with van der Waals surface area (Å²) in [5.74, 6) is 1.09. The highest BCUT2D eigenvalue weighted by Gasteiger charge is 2.18. The number of halogens is 1. The maximum Gasteiger partial charge on any atom is 0.213 e. The quantitative estimate of drug-likeness (QED) is 0.861. The second-order valence-corrected chi connectivity index (χ2v) is 6.98. The molecule has 0 aliphatic carbocycles. The Kier molecular flexibility index (Phi) is 3.35. The molecule has 0 saturated heterocycles. The second kappa shape index (κ2) is 4.45. The van der Waals surface area contributed by atoms with Crippen molar-refractivity contribution in [2.24, 2.45) is 5.92 Å². The van der Waals surface area contributed by atoms with Crippen molar-refractivity contribution in [1.29, 1.82) is 0 Å². The predicted octanol–water partition coefficient (Wildman–Crippen LogP) is 3.88. The van der Waals surface area contributed by atoms with Crippen LogP contribution in [-0.2, 0) is 6.42 Å². The smallest absolute Gasteiger partial charge is 0.213 e. The minimum Gasteiger partial charge on any atom is -0.222 e. The van der Waals surface area contributed by atoms with Gasteiger partial charge in [-0.2, -0.15) is 0 Å². The Bertz CT molecular complexity index is 499. The zero-order valence-electron chi connectivity index (χ0n) is 9.99. The molecule has 16 heavy (non-hydrogen) atoms. The van der Waals surface area contributed by atoms with Gasteiger partial charge in [0.15, 0.2) is 3.92 Å². The van der Waals surface area contributed by atoms with Gasteiger partial charge in [0.1, 0.15) is 0 Å². The fourth-order valence-electron chi connectivity index (χ4n) is 1.90. The number of nitrogens with zero attached hydrogens (tertiary/aromatic N) is 3. The van der Waals surface area contributed by atoms with Gasteiger partial charge < -0.3 is 0 Å². The number of imidazole rings is 1. The average Bonchev–Trinajstić information content (AvgIpc) is 2.57. The summed E-state index contributed by atoms with van der Waals surface area (Å²) in [7, 11) is 0. The van der Waals surface area contributed by atoms with Gasteiger partial charge in [-0.3, -0.25) is 0 Å². The van der Waals surface area contributed by atoms with Crippen LogP contribution in [0.1, 0.15) is 45.0 Å². The van der Waals surface area contributed by atoms with E-state index in [-0.39, 0.29) is 0 Å². The molecule has 88 valence electrons. The van der Waals surface area contributed by atoms with E-state index in [4.69, 9.17) is 0 Å². The first-order valence-corrected chi connectivity index (χ1v) is 7.13. The third kappa shape index (κ3) is 2.15. The summed E-state index contributed by atoms with van der Waals surface area (Å²) in [4.78, 5) is 5.68. The van der Waals surface area contributed by atoms with Crippen molar-refractivity contribution in [2.75, 3.05) is 0 Å². The molecule has 2 rings (SSSR count). The van der Waals surface area contributed by atoms with Crippen LogP contribution in [0.5, 0.6) is 0 Å². The molecule has 2 aromatic rings. The van der Waals surface area contributed by atoms with Gasteiger partial charge in [0.05, 0.1) is 11.4 Å². The predicted molar refractivity (Wildman–Crippen MR) is 71.2 cm³/mol. The van der Waals surface area contributed by atoms with Gasteiger partial charge in [0.25, 0.3) is 0 Å². The highest BCUT2D eigenvalue weighted by molar-refractivity contribution is 9.11. The van der Waals surface area contributed by atoms with Gasteiger partial charge in [-0.25, -0.2) is 9.50 Å². The summed E-state index contributed by atoms with van der Waals surface area (Å²) in [6.07, 6.45) is 1.03. The van der Waals surface area contributed by atoms with E-state index in [1.165, 1.54) is 11.4 Å². The molecule has 0 aliphatic rings. The molecule has 0 fully saturated rings. The summed E-state index contributed by atoms with van der Waals surface area (Å²) >= 11 is 5.00. The molecule has 5 heteroatoms. The lowest BCUT2D eigenvalue weighted by Gasteiger charge is -2.08. The molecule has 0 aromatic carbocycles. The minimum absolute atomic E-state index is 0.456. The minimum atomic E-state index is 0.456. The molecule has 3 nitrogen and oxygen atoms in total. The first-order chi connectivity index (χ1) is 7.49. The molecule has 0 bridgehead atoms. The fraction of sp³-hybridized carbons (Fsp3) is 0.636. The maximum absolute atomic E-state index is 4.68. The lowest BCUT2D eigenvalue weighted by molar-refractivity contribution is 0.623. The Morgan fingerprint density at radius 2 is 2.00 bits per heavy atom. The molecule has 0 radical (unpaired) electrons. The molecule has 2 aromatic heterocycles. The molecular formula is C11H16BrN3S. The summed E-state index contributed by atoms with van der Waals surface area (Å²) < 4.78 is 2.88. The molecule has 0 N–H and O–H groups in total. The van der Waals surface area contributed by atoms with E-state index in [0.29, 0.717) is 11.8 Å². The first kappa shape index (κ1) is 12.0. The standard InChI is InChI=1S/C11H16BrN3S/c1-6(2)5-8-9(7(3)4)15-11(13-8)16-10(12)14-15/h6-7H,5H2,1-4H3. The van der Waals surface area contributed by atoms with Crippen molar-refractivity contribution in [2.45, 2.75) is 40.0 Å². The maximum atomic E-state index is 4.68. The molecule has 0 spiro atoms. The molecular weight excluding hydrogens is 286 g/mol. The van der Waals surface area contributed by atoms with E-state index in [1.54, 1.807) is 11.3 Å². The van der Waals surface area contributed by atoms with Gasteiger partial charge in [-0.1, -0.05) is 39.0 Å². The van der Waals surface area contributed by atoms with Crippen LogP contribution >= 0.6 is 27.3 Å². The summed E-state index contributed by atoms with van der Waals surface area (Å²) in [6.45, 7) is 8.84. The van der Waals surface area contributed by atoms with E-state index in [1.807, 2.05) is 4.52 Å². The van der Waals surface area contributed by atoms with Crippen LogP contribution < -0.4 is 0 Å². The average molecular weight is 302 g/mol. The number of hydrogen-bond acceptors (Lipinski definition) is 3. The van der Waals surface area contributed by atoms with Crippen molar-refractivity contribution in [3.63, 3.8) is 0 Å². The Morgan fingerprint density at radius 3 is 2.56 bits per heavy atom. The summed E-state index contributed by atoms with van der Waals surface area (Å²) in [5, 5.41) is 4.45. The van der Waals surface area contributed by atoms with E-state index in [9.17, 15) is 0 Å². The van der Waals surface area contributed by atoms with E-state index >= 15 is 0 Å². The topological polar surface area (TPSA) is 30.2 Å². The van der Waals surface area contributed by atoms with E-state index in [2.05, 4.69) is 53.7 Å². The molecule has 0 amide bonds. The van der Waals surface area contributed by atoms with Crippen LogP contribution in [0.4, 0.5) is 0 Å². The van der Waals surface area contributed by atoms with Crippen molar-refractivity contribution in [3.8, 4) is 0 Å². The van der Waals surface area contributed by atoms with Gasteiger partial charge in [-0.15, -0.1) is 5.10 Å². The van der Waals surface area contributed by atoms with Gasteiger partial charge in [0, 0.05) is 0 Å². The van der Waals surface area contributed by atoms with Crippen LogP contribution in [0.2, 0.25) is 0 Å². The van der Waals surface area contributed by atoms with Crippen LogP contribution in [0, 0.1) is 5.92 Å². The lowest BCUT2D eigenvalue weighted by Crippen LogP contribution is -2.03. The van der Waals surface area contributed by atoms with Crippen molar-refractivity contribution in [3.05, 3.63) is 15.3 Å². The lowest BCUT2D eigenvalue weighted by atomic mass is 10.0. The highest BCUT2D eigenvalue weighted by Crippen LogP contribution is 2.28. The normalized spacial score (nSPS) is 12.2. The molecule has 0 atom stereocenters. The van der Waals surface area contributed by atoms with Crippen LogP contribution in [0.3, 0.4) is 0 Å².